The Kier molecular flexibility index (Phi) is 5.57. The second-order valence-corrected chi connectivity index (χ2v) is 6.88. The lowest BCUT2D eigenvalue weighted by Gasteiger charge is -2.27. The Bertz CT molecular complexity index is 364. The molecule has 2 rings (SSSR count). The maximum absolute atomic E-state index is 12.0. The summed E-state index contributed by atoms with van der Waals surface area (Å²) >= 11 is 1.93. The maximum atomic E-state index is 12.0. The second kappa shape index (κ2) is 7.20. The molecule has 20 heavy (non-hydrogen) atoms. The molecular formula is C14H24N2O3S. The number of carbonyl (C=O) groups excluding carboxylic acids is 1. The van der Waals surface area contributed by atoms with Crippen LogP contribution in [-0.2, 0) is 4.79 Å². The molecule has 0 aromatic carbocycles. The zero-order valence-corrected chi connectivity index (χ0v) is 12.8. The molecule has 2 amide bonds. The highest BCUT2D eigenvalue weighted by Gasteiger charge is 2.47. The molecule has 2 saturated heterocycles. The van der Waals surface area contributed by atoms with Crippen LogP contribution in [0.3, 0.4) is 0 Å². The van der Waals surface area contributed by atoms with Crippen LogP contribution < -0.4 is 5.32 Å². The largest absolute Gasteiger partial charge is 0.481 e. The van der Waals surface area contributed by atoms with E-state index >= 15 is 0 Å². The molecule has 0 aromatic heterocycles. The van der Waals surface area contributed by atoms with Crippen molar-refractivity contribution in [3.63, 3.8) is 0 Å². The van der Waals surface area contributed by atoms with Gasteiger partial charge >= 0.3 is 12.0 Å². The predicted octanol–water partition coefficient (Wildman–Crippen LogP) is 2.31. The van der Waals surface area contributed by atoms with Crippen LogP contribution >= 0.6 is 11.8 Å². The molecule has 0 aliphatic carbocycles. The fraction of sp³-hybridized carbons (Fsp3) is 0.857. The van der Waals surface area contributed by atoms with Crippen molar-refractivity contribution in [3.05, 3.63) is 0 Å². The molecule has 114 valence electrons. The molecule has 2 fully saturated rings. The van der Waals surface area contributed by atoms with E-state index in [4.69, 9.17) is 5.11 Å². The lowest BCUT2D eigenvalue weighted by molar-refractivity contribution is -0.137. The maximum Gasteiger partial charge on any atom is 0.318 e. The number of amides is 2. The minimum absolute atomic E-state index is 0.0873. The standard InChI is InChI=1S/C14H24N2O3S/c1-2-3-8-16-13-10(15-14(16)19)9-20-11(13)6-4-5-7-12(17)18/h10-11,13H,2-9H2,1H3,(H,15,19)(H,17,18)/t10-,11-,13-/m0/s1. The van der Waals surface area contributed by atoms with Crippen molar-refractivity contribution in [2.75, 3.05) is 12.3 Å². The molecule has 2 aliphatic heterocycles. The number of rotatable bonds is 8. The van der Waals surface area contributed by atoms with Gasteiger partial charge in [-0.05, 0) is 19.3 Å². The molecule has 6 heteroatoms. The molecule has 0 saturated carbocycles. The van der Waals surface area contributed by atoms with Crippen LogP contribution in [0.1, 0.15) is 45.4 Å². The smallest absolute Gasteiger partial charge is 0.318 e. The minimum Gasteiger partial charge on any atom is -0.481 e. The summed E-state index contributed by atoms with van der Waals surface area (Å²) < 4.78 is 0. The third kappa shape index (κ3) is 3.59. The van der Waals surface area contributed by atoms with Crippen LogP contribution in [-0.4, -0.2) is 51.6 Å². The van der Waals surface area contributed by atoms with Crippen LogP contribution in [0.15, 0.2) is 0 Å². The van der Waals surface area contributed by atoms with E-state index in [0.29, 0.717) is 11.3 Å². The predicted molar refractivity (Wildman–Crippen MR) is 80.1 cm³/mol. The molecule has 0 spiro atoms. The van der Waals surface area contributed by atoms with E-state index in [9.17, 15) is 9.59 Å². The molecule has 0 aromatic rings. The molecule has 3 atom stereocenters. The number of thioether (sulfide) groups is 1. The van der Waals surface area contributed by atoms with Crippen molar-refractivity contribution >= 4 is 23.8 Å². The highest BCUT2D eigenvalue weighted by Crippen LogP contribution is 2.37. The first-order chi connectivity index (χ1) is 9.63. The Balaban J connectivity index is 1.84. The average Bonchev–Trinajstić information content (AvgIpc) is 2.91. The Hall–Kier alpha value is -0.910. The minimum atomic E-state index is -0.718. The number of carboxylic acids is 1. The van der Waals surface area contributed by atoms with Crippen LogP contribution in [0.4, 0.5) is 4.79 Å². The molecule has 2 heterocycles. The van der Waals surface area contributed by atoms with Crippen LogP contribution in [0, 0.1) is 0 Å². The summed E-state index contributed by atoms with van der Waals surface area (Å²) in [4.78, 5) is 24.5. The average molecular weight is 300 g/mol. The van der Waals surface area contributed by atoms with Crippen molar-refractivity contribution in [2.45, 2.75) is 62.8 Å². The second-order valence-electron chi connectivity index (χ2n) is 5.60. The van der Waals surface area contributed by atoms with E-state index in [1.54, 1.807) is 0 Å². The molecule has 0 unspecified atom stereocenters. The Morgan fingerprint density at radius 2 is 2.25 bits per heavy atom. The summed E-state index contributed by atoms with van der Waals surface area (Å²) in [6, 6.07) is 0.682. The number of aliphatic carboxylic acids is 1. The number of nitrogens with one attached hydrogen (secondary N) is 1. The van der Waals surface area contributed by atoms with E-state index in [1.807, 2.05) is 16.7 Å². The zero-order valence-electron chi connectivity index (χ0n) is 12.0. The van der Waals surface area contributed by atoms with E-state index < -0.39 is 5.97 Å². The van der Waals surface area contributed by atoms with Crippen molar-refractivity contribution in [2.24, 2.45) is 0 Å². The topological polar surface area (TPSA) is 69.6 Å². The first-order valence-electron chi connectivity index (χ1n) is 7.54. The van der Waals surface area contributed by atoms with Crippen LogP contribution in [0.5, 0.6) is 0 Å². The van der Waals surface area contributed by atoms with E-state index in [1.165, 1.54) is 0 Å². The summed E-state index contributed by atoms with van der Waals surface area (Å²) in [6.07, 6.45) is 5.08. The van der Waals surface area contributed by atoms with Gasteiger partial charge < -0.3 is 15.3 Å². The van der Waals surface area contributed by atoms with Crippen molar-refractivity contribution < 1.29 is 14.7 Å². The third-order valence-corrected chi connectivity index (χ3v) is 5.59. The lowest BCUT2D eigenvalue weighted by Crippen LogP contribution is -2.41. The van der Waals surface area contributed by atoms with E-state index in [0.717, 1.165) is 44.4 Å². The number of hydrogen-bond donors (Lipinski definition) is 2. The van der Waals surface area contributed by atoms with Crippen molar-refractivity contribution in [1.29, 1.82) is 0 Å². The molecule has 5 nitrogen and oxygen atoms in total. The zero-order chi connectivity index (χ0) is 14.5. The van der Waals surface area contributed by atoms with Crippen molar-refractivity contribution in [3.8, 4) is 0 Å². The number of carbonyl (C=O) groups is 2. The van der Waals surface area contributed by atoms with E-state index in [2.05, 4.69) is 12.2 Å². The summed E-state index contributed by atoms with van der Waals surface area (Å²) in [6.45, 7) is 2.98. The monoisotopic (exact) mass is 300 g/mol. The van der Waals surface area contributed by atoms with Crippen molar-refractivity contribution in [1.82, 2.24) is 10.2 Å². The van der Waals surface area contributed by atoms with Gasteiger partial charge in [-0.1, -0.05) is 19.8 Å². The summed E-state index contributed by atoms with van der Waals surface area (Å²) in [5.41, 5.74) is 0. The summed E-state index contributed by atoms with van der Waals surface area (Å²) in [5.74, 6) is 0.270. The Morgan fingerprint density at radius 3 is 2.95 bits per heavy atom. The van der Waals surface area contributed by atoms with Gasteiger partial charge in [0.25, 0.3) is 0 Å². The molecule has 0 radical (unpaired) electrons. The Morgan fingerprint density at radius 1 is 1.45 bits per heavy atom. The highest BCUT2D eigenvalue weighted by molar-refractivity contribution is 8.00. The van der Waals surface area contributed by atoms with Gasteiger partial charge in [-0.2, -0.15) is 11.8 Å². The van der Waals surface area contributed by atoms with Crippen LogP contribution in [0.2, 0.25) is 0 Å². The number of fused-ring (bicyclic) bond motifs is 1. The number of hydrogen-bond acceptors (Lipinski definition) is 3. The first-order valence-corrected chi connectivity index (χ1v) is 8.59. The molecule has 2 aliphatic rings. The molecular weight excluding hydrogens is 276 g/mol. The summed E-state index contributed by atoms with van der Waals surface area (Å²) in [5, 5.41) is 12.2. The number of nitrogens with zero attached hydrogens (tertiary/aromatic N) is 1. The first kappa shape index (κ1) is 15.5. The molecule has 0 bridgehead atoms. The quantitative estimate of drug-likeness (QED) is 0.533. The van der Waals surface area contributed by atoms with Gasteiger partial charge in [-0.3, -0.25) is 4.79 Å². The number of unbranched alkanes of at least 4 members (excludes halogenated alkanes) is 2. The van der Waals surface area contributed by atoms with Gasteiger partial charge in [0.05, 0.1) is 12.1 Å². The third-order valence-electron chi connectivity index (χ3n) is 4.09. The normalized spacial score (nSPS) is 28.6. The van der Waals surface area contributed by atoms with Gasteiger partial charge in [0, 0.05) is 24.0 Å². The van der Waals surface area contributed by atoms with Gasteiger partial charge in [0.1, 0.15) is 0 Å². The van der Waals surface area contributed by atoms with E-state index in [-0.39, 0.29) is 18.5 Å². The highest BCUT2D eigenvalue weighted by atomic mass is 32.2. The van der Waals surface area contributed by atoms with Gasteiger partial charge in [-0.25, -0.2) is 4.79 Å². The van der Waals surface area contributed by atoms with Crippen LogP contribution in [0.25, 0.3) is 0 Å². The number of carboxylic acid groups (broad SMARTS) is 1. The van der Waals surface area contributed by atoms with Gasteiger partial charge in [0.15, 0.2) is 0 Å². The molecule has 2 N–H and O–H groups in total. The van der Waals surface area contributed by atoms with Gasteiger partial charge in [0.2, 0.25) is 0 Å². The van der Waals surface area contributed by atoms with Gasteiger partial charge in [-0.15, -0.1) is 0 Å². The lowest BCUT2D eigenvalue weighted by atomic mass is 10.0. The Labute approximate surface area is 124 Å². The SMILES string of the molecule is CCCCN1C(=O)N[C@H]2CS[C@@H](CCCCC(=O)O)[C@H]21. The fourth-order valence-corrected chi connectivity index (χ4v) is 4.66. The number of urea groups is 1. The summed E-state index contributed by atoms with van der Waals surface area (Å²) in [7, 11) is 0. The fourth-order valence-electron chi connectivity index (χ4n) is 3.06.